The molecule has 1 atom stereocenters. The Kier molecular flexibility index (Phi) is 6.66. The van der Waals surface area contributed by atoms with Crippen molar-refractivity contribution in [2.75, 3.05) is 20.6 Å². The summed E-state index contributed by atoms with van der Waals surface area (Å²) < 4.78 is 5.74. The minimum Gasteiger partial charge on any atom is -0.441 e. The first-order valence-corrected chi connectivity index (χ1v) is 9.96. The maximum Gasteiger partial charge on any atom is 0.220 e. The van der Waals surface area contributed by atoms with Crippen LogP contribution in [0.1, 0.15) is 23.2 Å². The van der Waals surface area contributed by atoms with Crippen LogP contribution in [0.2, 0.25) is 5.02 Å². The summed E-state index contributed by atoms with van der Waals surface area (Å²) in [7, 11) is 4.03. The van der Waals surface area contributed by atoms with Gasteiger partial charge in [0.15, 0.2) is 11.7 Å². The minimum absolute atomic E-state index is 0.0177. The summed E-state index contributed by atoms with van der Waals surface area (Å²) in [6.07, 6.45) is 2.42. The van der Waals surface area contributed by atoms with E-state index in [1.807, 2.05) is 43.7 Å². The molecule has 0 saturated heterocycles. The van der Waals surface area contributed by atoms with Gasteiger partial charge in [0, 0.05) is 29.8 Å². The molecular formula is C20H22ClN3O2S. The maximum atomic E-state index is 12.2. The topological polar surface area (TPSA) is 58.4 Å². The summed E-state index contributed by atoms with van der Waals surface area (Å²) in [6.45, 7) is 0.572. The van der Waals surface area contributed by atoms with E-state index in [1.165, 1.54) is 4.88 Å². The fourth-order valence-electron chi connectivity index (χ4n) is 2.75. The molecule has 0 radical (unpaired) electrons. The van der Waals surface area contributed by atoms with Crippen molar-refractivity contribution >= 4 is 28.8 Å². The Balaban J connectivity index is 1.52. The lowest BCUT2D eigenvalue weighted by Gasteiger charge is -2.23. The standard InChI is InChI=1S/C20H22ClN3O2S/c1-24(2)16(18-8-5-11-27-18)12-22-19(25)9-10-20-23-13-17(26-20)14-6-3-4-7-15(14)21/h3-8,11,13,16H,9-10,12H2,1-2H3,(H,22,25). The van der Waals surface area contributed by atoms with E-state index in [0.29, 0.717) is 36.1 Å². The van der Waals surface area contributed by atoms with Crippen LogP contribution in [-0.2, 0) is 11.2 Å². The molecule has 0 aliphatic carbocycles. The van der Waals surface area contributed by atoms with Gasteiger partial charge in [-0.3, -0.25) is 4.79 Å². The lowest BCUT2D eigenvalue weighted by Crippen LogP contribution is -2.34. The zero-order valence-electron chi connectivity index (χ0n) is 15.3. The average Bonchev–Trinajstić information content (AvgIpc) is 3.32. The highest BCUT2D eigenvalue weighted by Gasteiger charge is 2.17. The van der Waals surface area contributed by atoms with Gasteiger partial charge in [-0.15, -0.1) is 11.3 Å². The first-order chi connectivity index (χ1) is 13.0. The highest BCUT2D eigenvalue weighted by Crippen LogP contribution is 2.28. The highest BCUT2D eigenvalue weighted by atomic mass is 35.5. The molecule has 27 heavy (non-hydrogen) atoms. The number of carbonyl (C=O) groups excluding carboxylic acids is 1. The number of aromatic nitrogens is 1. The van der Waals surface area contributed by atoms with Crippen molar-refractivity contribution in [3.8, 4) is 11.3 Å². The third kappa shape index (κ3) is 5.19. The monoisotopic (exact) mass is 403 g/mol. The van der Waals surface area contributed by atoms with Gasteiger partial charge in [0.25, 0.3) is 0 Å². The van der Waals surface area contributed by atoms with Crippen LogP contribution in [0.4, 0.5) is 0 Å². The Hall–Kier alpha value is -2.15. The van der Waals surface area contributed by atoms with Crippen LogP contribution in [0, 0.1) is 0 Å². The van der Waals surface area contributed by atoms with Crippen molar-refractivity contribution in [3.63, 3.8) is 0 Å². The quantitative estimate of drug-likeness (QED) is 0.605. The number of amides is 1. The molecule has 0 spiro atoms. The molecule has 0 saturated carbocycles. The van der Waals surface area contributed by atoms with Gasteiger partial charge in [-0.25, -0.2) is 4.98 Å². The number of nitrogens with zero attached hydrogens (tertiary/aromatic N) is 2. The van der Waals surface area contributed by atoms with Crippen LogP contribution in [0.25, 0.3) is 11.3 Å². The van der Waals surface area contributed by atoms with E-state index in [0.717, 1.165) is 5.56 Å². The number of aryl methyl sites for hydroxylation is 1. The second-order valence-electron chi connectivity index (χ2n) is 6.40. The molecule has 2 aromatic heterocycles. The number of hydrogen-bond acceptors (Lipinski definition) is 5. The number of likely N-dealkylation sites (N-methyl/N-ethyl adjacent to an activating group) is 1. The van der Waals surface area contributed by atoms with Gasteiger partial charge in [0.05, 0.1) is 17.3 Å². The van der Waals surface area contributed by atoms with Crippen LogP contribution < -0.4 is 5.32 Å². The van der Waals surface area contributed by atoms with Crippen LogP contribution >= 0.6 is 22.9 Å². The van der Waals surface area contributed by atoms with Gasteiger partial charge in [-0.1, -0.05) is 29.8 Å². The number of halogens is 1. The van der Waals surface area contributed by atoms with Gasteiger partial charge in [0.1, 0.15) is 0 Å². The fourth-order valence-corrected chi connectivity index (χ4v) is 3.90. The molecule has 1 N–H and O–H groups in total. The smallest absolute Gasteiger partial charge is 0.220 e. The number of nitrogens with one attached hydrogen (secondary N) is 1. The summed E-state index contributed by atoms with van der Waals surface area (Å²) in [5, 5.41) is 5.67. The molecule has 0 bridgehead atoms. The number of thiophene rings is 1. The third-order valence-electron chi connectivity index (χ3n) is 4.25. The zero-order valence-corrected chi connectivity index (χ0v) is 16.9. The van der Waals surface area contributed by atoms with Crippen LogP contribution in [0.5, 0.6) is 0 Å². The van der Waals surface area contributed by atoms with Crippen LogP contribution in [0.3, 0.4) is 0 Å². The average molecular weight is 404 g/mol. The Bertz CT molecular complexity index is 877. The first kappa shape index (κ1) is 19.6. The minimum atomic E-state index is -0.0177. The summed E-state index contributed by atoms with van der Waals surface area (Å²) in [4.78, 5) is 19.8. The summed E-state index contributed by atoms with van der Waals surface area (Å²) in [6, 6.07) is 11.7. The van der Waals surface area contributed by atoms with Gasteiger partial charge < -0.3 is 14.6 Å². The Morgan fingerprint density at radius 3 is 2.81 bits per heavy atom. The molecule has 5 nitrogen and oxygen atoms in total. The van der Waals surface area contributed by atoms with Crippen molar-refractivity contribution in [1.29, 1.82) is 0 Å². The zero-order chi connectivity index (χ0) is 19.2. The van der Waals surface area contributed by atoms with E-state index in [1.54, 1.807) is 23.6 Å². The molecule has 0 aliphatic rings. The van der Waals surface area contributed by atoms with Crippen LogP contribution in [-0.4, -0.2) is 36.4 Å². The third-order valence-corrected chi connectivity index (χ3v) is 5.55. The molecule has 2 heterocycles. The van der Waals surface area contributed by atoms with Gasteiger partial charge >= 0.3 is 0 Å². The lowest BCUT2D eigenvalue weighted by atomic mass is 10.2. The second kappa shape index (κ2) is 9.17. The molecule has 3 aromatic rings. The van der Waals surface area contributed by atoms with Crippen molar-refractivity contribution in [1.82, 2.24) is 15.2 Å². The lowest BCUT2D eigenvalue weighted by molar-refractivity contribution is -0.121. The van der Waals surface area contributed by atoms with E-state index >= 15 is 0 Å². The number of benzene rings is 1. The molecule has 0 fully saturated rings. The first-order valence-electron chi connectivity index (χ1n) is 8.70. The predicted octanol–water partition coefficient (Wildman–Crippen LogP) is 4.41. The van der Waals surface area contributed by atoms with Crippen LogP contribution in [0.15, 0.2) is 52.4 Å². The van der Waals surface area contributed by atoms with E-state index in [9.17, 15) is 4.79 Å². The predicted molar refractivity (Wildman–Crippen MR) is 109 cm³/mol. The largest absolute Gasteiger partial charge is 0.441 e. The van der Waals surface area contributed by atoms with Crippen molar-refractivity contribution < 1.29 is 9.21 Å². The Morgan fingerprint density at radius 2 is 2.11 bits per heavy atom. The SMILES string of the molecule is CN(C)C(CNC(=O)CCc1ncc(-c2ccccc2Cl)o1)c1cccs1. The van der Waals surface area contributed by atoms with Crippen molar-refractivity contribution in [3.05, 3.63) is 63.8 Å². The van der Waals surface area contributed by atoms with Gasteiger partial charge in [-0.05, 0) is 37.7 Å². The molecule has 3 rings (SSSR count). The summed E-state index contributed by atoms with van der Waals surface area (Å²) >= 11 is 7.87. The van der Waals surface area contributed by atoms with E-state index < -0.39 is 0 Å². The van der Waals surface area contributed by atoms with E-state index in [4.69, 9.17) is 16.0 Å². The number of rotatable bonds is 8. The van der Waals surface area contributed by atoms with E-state index in [2.05, 4.69) is 21.3 Å². The Labute approximate surface area is 168 Å². The van der Waals surface area contributed by atoms with Crippen molar-refractivity contribution in [2.45, 2.75) is 18.9 Å². The molecule has 1 amide bonds. The molecule has 0 aliphatic heterocycles. The van der Waals surface area contributed by atoms with Gasteiger partial charge in [-0.2, -0.15) is 0 Å². The van der Waals surface area contributed by atoms with Gasteiger partial charge in [0.2, 0.25) is 5.91 Å². The molecule has 7 heteroatoms. The number of carbonyl (C=O) groups is 1. The summed E-state index contributed by atoms with van der Waals surface area (Å²) in [5.41, 5.74) is 0.798. The molecular weight excluding hydrogens is 382 g/mol. The highest BCUT2D eigenvalue weighted by molar-refractivity contribution is 7.10. The van der Waals surface area contributed by atoms with E-state index in [-0.39, 0.29) is 11.9 Å². The maximum absolute atomic E-state index is 12.2. The molecule has 1 aromatic carbocycles. The summed E-state index contributed by atoms with van der Waals surface area (Å²) in [5.74, 6) is 1.12. The Morgan fingerprint density at radius 1 is 1.30 bits per heavy atom. The fraction of sp³-hybridized carbons (Fsp3) is 0.300. The number of oxazole rings is 1. The molecule has 1 unspecified atom stereocenters. The normalized spacial score (nSPS) is 12.3. The van der Waals surface area contributed by atoms with Crippen molar-refractivity contribution in [2.24, 2.45) is 0 Å². The number of hydrogen-bond donors (Lipinski definition) is 1. The second-order valence-corrected chi connectivity index (χ2v) is 7.78. The molecule has 142 valence electrons.